The standard InChI is InChI=1S/C19H24N2O5S/c1-14(13-26-2)21-27(24,25)16-8-9-18(17(12-16)19(22)23)20-11-10-15-6-4-3-5-7-15/h3-9,12,14,20-21H,10-11,13H2,1-2H3,(H,22,23). The first-order valence-corrected chi connectivity index (χ1v) is 9.98. The Morgan fingerprint density at radius 1 is 1.19 bits per heavy atom. The Hall–Kier alpha value is -2.42. The van der Waals surface area contributed by atoms with Crippen LogP contribution in [-0.4, -0.2) is 45.8 Å². The van der Waals surface area contributed by atoms with Crippen molar-refractivity contribution in [2.24, 2.45) is 0 Å². The molecule has 0 aliphatic heterocycles. The minimum absolute atomic E-state index is 0.0923. The van der Waals surface area contributed by atoms with Gasteiger partial charge in [0.15, 0.2) is 0 Å². The molecule has 146 valence electrons. The van der Waals surface area contributed by atoms with Crippen LogP contribution < -0.4 is 10.0 Å². The van der Waals surface area contributed by atoms with Gasteiger partial charge in [0.1, 0.15) is 0 Å². The number of hydrogen-bond acceptors (Lipinski definition) is 5. The van der Waals surface area contributed by atoms with Gasteiger partial charge in [0.2, 0.25) is 10.0 Å². The number of hydrogen-bond donors (Lipinski definition) is 3. The first-order chi connectivity index (χ1) is 12.8. The van der Waals surface area contributed by atoms with E-state index < -0.39 is 22.0 Å². The third-order valence-corrected chi connectivity index (χ3v) is 5.46. The van der Waals surface area contributed by atoms with Gasteiger partial charge < -0.3 is 15.2 Å². The van der Waals surface area contributed by atoms with E-state index in [-0.39, 0.29) is 17.1 Å². The summed E-state index contributed by atoms with van der Waals surface area (Å²) in [5.74, 6) is -1.20. The van der Waals surface area contributed by atoms with Crippen LogP contribution in [-0.2, 0) is 21.2 Å². The van der Waals surface area contributed by atoms with E-state index in [0.29, 0.717) is 12.2 Å². The monoisotopic (exact) mass is 392 g/mol. The molecule has 3 N–H and O–H groups in total. The molecule has 1 unspecified atom stereocenters. The van der Waals surface area contributed by atoms with Crippen molar-refractivity contribution in [1.29, 1.82) is 0 Å². The molecule has 7 nitrogen and oxygen atoms in total. The van der Waals surface area contributed by atoms with Crippen LogP contribution in [0, 0.1) is 0 Å². The van der Waals surface area contributed by atoms with Crippen LogP contribution in [0.2, 0.25) is 0 Å². The lowest BCUT2D eigenvalue weighted by Crippen LogP contribution is -2.35. The van der Waals surface area contributed by atoms with Crippen molar-refractivity contribution < 1.29 is 23.1 Å². The molecule has 2 aromatic carbocycles. The zero-order valence-electron chi connectivity index (χ0n) is 15.3. The SMILES string of the molecule is COCC(C)NS(=O)(=O)c1ccc(NCCc2ccccc2)c(C(=O)O)c1. The molecule has 0 heterocycles. The summed E-state index contributed by atoms with van der Waals surface area (Å²) in [6.45, 7) is 2.41. The molecule has 2 rings (SSSR count). The maximum atomic E-state index is 12.4. The second-order valence-corrected chi connectivity index (χ2v) is 7.87. The number of carbonyl (C=O) groups is 1. The van der Waals surface area contributed by atoms with Crippen LogP contribution >= 0.6 is 0 Å². The molecule has 0 aromatic heterocycles. The Labute approximate surface area is 159 Å². The summed E-state index contributed by atoms with van der Waals surface area (Å²) in [6, 6.07) is 13.4. The fraction of sp³-hybridized carbons (Fsp3) is 0.316. The number of anilines is 1. The molecule has 1 atom stereocenters. The molecule has 0 radical (unpaired) electrons. The zero-order valence-corrected chi connectivity index (χ0v) is 16.1. The summed E-state index contributed by atoms with van der Waals surface area (Å²) in [7, 11) is -2.36. The lowest BCUT2D eigenvalue weighted by Gasteiger charge is -2.15. The molecule has 27 heavy (non-hydrogen) atoms. The van der Waals surface area contributed by atoms with E-state index in [9.17, 15) is 18.3 Å². The number of methoxy groups -OCH3 is 1. The lowest BCUT2D eigenvalue weighted by molar-refractivity contribution is 0.0697. The first-order valence-electron chi connectivity index (χ1n) is 8.50. The van der Waals surface area contributed by atoms with Gasteiger partial charge in [0, 0.05) is 25.4 Å². The third-order valence-electron chi connectivity index (χ3n) is 3.88. The predicted octanol–water partition coefficient (Wildman–Crippen LogP) is 2.35. The van der Waals surface area contributed by atoms with Crippen LogP contribution in [0.5, 0.6) is 0 Å². The zero-order chi connectivity index (χ0) is 19.9. The molecule has 0 aliphatic carbocycles. The Morgan fingerprint density at radius 2 is 1.89 bits per heavy atom. The normalized spacial score (nSPS) is 12.5. The van der Waals surface area contributed by atoms with Crippen LogP contribution in [0.4, 0.5) is 5.69 Å². The Kier molecular flexibility index (Phi) is 7.35. The Balaban J connectivity index is 2.15. The Morgan fingerprint density at radius 3 is 2.52 bits per heavy atom. The van der Waals surface area contributed by atoms with Crippen LogP contribution in [0.25, 0.3) is 0 Å². The summed E-state index contributed by atoms with van der Waals surface area (Å²) in [4.78, 5) is 11.5. The van der Waals surface area contributed by atoms with Crippen molar-refractivity contribution in [3.8, 4) is 0 Å². The van der Waals surface area contributed by atoms with E-state index in [4.69, 9.17) is 4.74 Å². The van der Waals surface area contributed by atoms with Gasteiger partial charge in [-0.15, -0.1) is 0 Å². The van der Waals surface area contributed by atoms with E-state index in [1.165, 1.54) is 19.2 Å². The van der Waals surface area contributed by atoms with Gasteiger partial charge in [-0.05, 0) is 37.1 Å². The van der Waals surface area contributed by atoms with E-state index in [2.05, 4.69) is 10.0 Å². The summed E-state index contributed by atoms with van der Waals surface area (Å²) < 4.78 is 32.2. The molecular weight excluding hydrogens is 368 g/mol. The van der Waals surface area contributed by atoms with Gasteiger partial charge in [-0.25, -0.2) is 17.9 Å². The number of ether oxygens (including phenoxy) is 1. The number of sulfonamides is 1. The summed E-state index contributed by atoms with van der Waals surface area (Å²) >= 11 is 0. The van der Waals surface area contributed by atoms with Crippen molar-refractivity contribution in [2.75, 3.05) is 25.6 Å². The van der Waals surface area contributed by atoms with E-state index >= 15 is 0 Å². The van der Waals surface area contributed by atoms with Crippen molar-refractivity contribution in [2.45, 2.75) is 24.3 Å². The van der Waals surface area contributed by atoms with Gasteiger partial charge >= 0.3 is 5.97 Å². The minimum atomic E-state index is -3.84. The number of carboxylic acid groups (broad SMARTS) is 1. The largest absolute Gasteiger partial charge is 0.478 e. The fourth-order valence-electron chi connectivity index (χ4n) is 2.62. The second kappa shape index (κ2) is 9.50. The van der Waals surface area contributed by atoms with Crippen LogP contribution in [0.3, 0.4) is 0 Å². The maximum absolute atomic E-state index is 12.4. The van der Waals surface area contributed by atoms with E-state index in [1.54, 1.807) is 6.92 Å². The van der Waals surface area contributed by atoms with Gasteiger partial charge in [-0.1, -0.05) is 30.3 Å². The molecular formula is C19H24N2O5S. The first kappa shape index (κ1) is 20.9. The van der Waals surface area contributed by atoms with E-state index in [1.807, 2.05) is 30.3 Å². The van der Waals surface area contributed by atoms with Crippen molar-refractivity contribution in [3.05, 3.63) is 59.7 Å². The van der Waals surface area contributed by atoms with Gasteiger partial charge in [-0.3, -0.25) is 0 Å². The highest BCUT2D eigenvalue weighted by molar-refractivity contribution is 7.89. The highest BCUT2D eigenvalue weighted by Gasteiger charge is 2.20. The molecule has 0 amide bonds. The lowest BCUT2D eigenvalue weighted by atomic mass is 10.1. The maximum Gasteiger partial charge on any atom is 0.337 e. The van der Waals surface area contributed by atoms with Crippen LogP contribution in [0.1, 0.15) is 22.8 Å². The Bertz CT molecular complexity index is 869. The highest BCUT2D eigenvalue weighted by atomic mass is 32.2. The van der Waals surface area contributed by atoms with Crippen molar-refractivity contribution in [3.63, 3.8) is 0 Å². The summed E-state index contributed by atoms with van der Waals surface area (Å²) in [5, 5.41) is 12.5. The number of benzene rings is 2. The predicted molar refractivity (Wildman–Crippen MR) is 104 cm³/mol. The minimum Gasteiger partial charge on any atom is -0.478 e. The second-order valence-electron chi connectivity index (χ2n) is 6.15. The molecule has 2 aromatic rings. The third kappa shape index (κ3) is 6.06. The molecule has 0 spiro atoms. The van der Waals surface area contributed by atoms with Gasteiger partial charge in [-0.2, -0.15) is 0 Å². The van der Waals surface area contributed by atoms with Crippen LogP contribution in [0.15, 0.2) is 53.4 Å². The van der Waals surface area contributed by atoms with Crippen molar-refractivity contribution in [1.82, 2.24) is 4.72 Å². The van der Waals surface area contributed by atoms with Gasteiger partial charge in [0.05, 0.1) is 17.1 Å². The molecule has 8 heteroatoms. The number of nitrogens with one attached hydrogen (secondary N) is 2. The molecule has 0 saturated carbocycles. The molecule has 0 bridgehead atoms. The molecule has 0 aliphatic rings. The highest BCUT2D eigenvalue weighted by Crippen LogP contribution is 2.21. The smallest absolute Gasteiger partial charge is 0.337 e. The summed E-state index contributed by atoms with van der Waals surface area (Å²) in [6.07, 6.45) is 0.718. The van der Waals surface area contributed by atoms with E-state index in [0.717, 1.165) is 18.1 Å². The number of aromatic carboxylic acids is 1. The fourth-order valence-corrected chi connectivity index (χ4v) is 3.88. The van der Waals surface area contributed by atoms with Crippen molar-refractivity contribution >= 4 is 21.7 Å². The average molecular weight is 392 g/mol. The average Bonchev–Trinajstić information content (AvgIpc) is 2.62. The molecule has 0 saturated heterocycles. The van der Waals surface area contributed by atoms with Gasteiger partial charge in [0.25, 0.3) is 0 Å². The topological polar surface area (TPSA) is 105 Å². The summed E-state index contributed by atoms with van der Waals surface area (Å²) in [5.41, 5.74) is 1.41. The number of rotatable bonds is 10. The molecule has 0 fully saturated rings. The number of carboxylic acids is 1. The quantitative estimate of drug-likeness (QED) is 0.573.